The summed E-state index contributed by atoms with van der Waals surface area (Å²) in [5, 5.41) is 15.9. The monoisotopic (exact) mass is 614 g/mol. The molecular weight excluding hydrogens is 584 g/mol. The van der Waals surface area contributed by atoms with Crippen LogP contribution in [0.15, 0.2) is 10.5 Å². The predicted octanol–water partition coefficient (Wildman–Crippen LogP) is 0.583. The van der Waals surface area contributed by atoms with E-state index in [9.17, 15) is 29.2 Å². The number of nitrogens with one attached hydrogen (secondary N) is 1. The number of thioether (sulfide) groups is 1. The second-order valence-electron chi connectivity index (χ2n) is 9.82. The molecule has 0 saturated carbocycles. The third-order valence-corrected chi connectivity index (χ3v) is 8.66. The highest BCUT2D eigenvalue weighted by atomic mass is 32.2. The van der Waals surface area contributed by atoms with Crippen molar-refractivity contribution in [1.82, 2.24) is 20.1 Å². The summed E-state index contributed by atoms with van der Waals surface area (Å²) >= 11 is 2.21. The first-order valence-corrected chi connectivity index (χ1v) is 14.5. The number of β-lactam (4-membered cyclic amide) rings is 1. The molecule has 1 aromatic rings. The van der Waals surface area contributed by atoms with Crippen molar-refractivity contribution >= 4 is 64.0 Å². The third kappa shape index (κ3) is 6.58. The van der Waals surface area contributed by atoms with Gasteiger partial charge in [-0.1, -0.05) is 5.16 Å². The fourth-order valence-corrected chi connectivity index (χ4v) is 6.23. The van der Waals surface area contributed by atoms with Crippen LogP contribution >= 0.6 is 23.1 Å². The van der Waals surface area contributed by atoms with Gasteiger partial charge in [0, 0.05) is 37.7 Å². The van der Waals surface area contributed by atoms with Gasteiger partial charge in [0.15, 0.2) is 10.8 Å². The quantitative estimate of drug-likeness (QED) is 0.0661. The molecule has 18 heteroatoms. The maximum absolute atomic E-state index is 13.4. The zero-order chi connectivity index (χ0) is 29.9. The minimum atomic E-state index is -1.48. The van der Waals surface area contributed by atoms with E-state index in [1.807, 2.05) is 0 Å². The number of carbonyl (C=O) groups is 5. The number of nitrogens with zero attached hydrogens (tertiary/aromatic N) is 4. The number of hydrogen-bond donors (Lipinski definition) is 3. The summed E-state index contributed by atoms with van der Waals surface area (Å²) in [5.74, 6) is -2.15. The van der Waals surface area contributed by atoms with Crippen molar-refractivity contribution in [3.8, 4) is 0 Å². The molecule has 1 aromatic heterocycles. The van der Waals surface area contributed by atoms with Gasteiger partial charge in [-0.25, -0.2) is 14.6 Å². The molecule has 3 fully saturated rings. The van der Waals surface area contributed by atoms with Crippen LogP contribution < -0.4 is 11.1 Å². The Bertz CT molecular complexity index is 1240. The number of thiazole rings is 1. The van der Waals surface area contributed by atoms with Gasteiger partial charge >= 0.3 is 18.2 Å². The van der Waals surface area contributed by atoms with Crippen molar-refractivity contribution in [3.63, 3.8) is 0 Å². The van der Waals surface area contributed by atoms with E-state index >= 15 is 0 Å². The molecule has 0 bridgehead atoms. The Morgan fingerprint density at radius 2 is 1.98 bits per heavy atom. The molecule has 41 heavy (non-hydrogen) atoms. The summed E-state index contributed by atoms with van der Waals surface area (Å²) in [6.45, 7) is 5.08. The number of rotatable bonds is 9. The highest BCUT2D eigenvalue weighted by Gasteiger charge is 2.59. The number of esters is 1. The molecule has 224 valence electrons. The van der Waals surface area contributed by atoms with Crippen LogP contribution in [0, 0.1) is 5.41 Å². The van der Waals surface area contributed by atoms with E-state index in [2.05, 4.69) is 15.5 Å². The molecule has 0 aromatic carbocycles. The SMILES string of the molecule is CC(C)OC(=O)OC(C)OC(=O)C1(COC(=O)N2CCC2)CS[C@@H]2C(NC(=O)C(=NO)c3csc(N)n3)C(=O)N2C1. The molecule has 4 N–H and O–H groups in total. The number of hydrogen-bond acceptors (Lipinski definition) is 15. The van der Waals surface area contributed by atoms with E-state index in [1.165, 1.54) is 33.9 Å². The average molecular weight is 615 g/mol. The summed E-state index contributed by atoms with van der Waals surface area (Å²) in [4.78, 5) is 70.2. The summed E-state index contributed by atoms with van der Waals surface area (Å²) in [5.41, 5.74) is 3.74. The third-order valence-electron chi connectivity index (χ3n) is 6.40. The number of ether oxygens (including phenoxy) is 4. The maximum atomic E-state index is 13.4. The van der Waals surface area contributed by atoms with Crippen molar-refractivity contribution < 1.29 is 48.1 Å². The van der Waals surface area contributed by atoms with Crippen LogP contribution in [0.1, 0.15) is 32.9 Å². The van der Waals surface area contributed by atoms with Gasteiger partial charge in [-0.2, -0.15) is 0 Å². The van der Waals surface area contributed by atoms with Crippen LogP contribution in [0.25, 0.3) is 0 Å². The minimum Gasteiger partial charge on any atom is -0.448 e. The number of aromatic nitrogens is 1. The number of likely N-dealkylation sites (tertiary alicyclic amines) is 1. The number of anilines is 1. The number of fused-ring (bicyclic) bond motifs is 1. The fraction of sp³-hybridized carbons (Fsp3) is 0.609. The topological polar surface area (TPSA) is 212 Å². The Morgan fingerprint density at radius 1 is 1.24 bits per heavy atom. The molecule has 0 spiro atoms. The Balaban J connectivity index is 1.43. The smallest absolute Gasteiger partial charge is 0.448 e. The Morgan fingerprint density at radius 3 is 2.56 bits per heavy atom. The van der Waals surface area contributed by atoms with Crippen LogP contribution in [0.4, 0.5) is 14.7 Å². The van der Waals surface area contributed by atoms with Gasteiger partial charge in [-0.15, -0.1) is 23.1 Å². The molecule has 0 radical (unpaired) electrons. The van der Waals surface area contributed by atoms with Gasteiger partial charge in [0.1, 0.15) is 29.1 Å². The molecule has 3 aliphatic rings. The van der Waals surface area contributed by atoms with Crippen LogP contribution in [0.3, 0.4) is 0 Å². The molecule has 0 aliphatic carbocycles. The van der Waals surface area contributed by atoms with Crippen LogP contribution in [0.5, 0.6) is 0 Å². The molecule has 4 rings (SSSR count). The van der Waals surface area contributed by atoms with Crippen LogP contribution in [-0.4, -0.2) is 112 Å². The number of nitrogen functional groups attached to an aromatic ring is 1. The van der Waals surface area contributed by atoms with Crippen LogP contribution in [-0.2, 0) is 33.3 Å². The van der Waals surface area contributed by atoms with Crippen molar-refractivity contribution in [2.75, 3.05) is 37.7 Å². The van der Waals surface area contributed by atoms with Crippen molar-refractivity contribution in [2.24, 2.45) is 10.6 Å². The predicted molar refractivity (Wildman–Crippen MR) is 143 cm³/mol. The van der Waals surface area contributed by atoms with E-state index in [0.717, 1.165) is 17.8 Å². The standard InChI is InChI=1S/C23H30N6O10S2/c1-11(2)37-22(34)39-12(3)38-19(32)23(9-36-21(33)28-5-4-6-28)8-29-17(31)15(18(29)41-10-23)26-16(30)14(27-35)13-7-40-20(24)25-13/h7,11-12,15,18,35H,4-6,8-10H2,1-3H3,(H2,24,25)(H,26,30)/t12?,15?,18-,23?/m1/s1. The Hall–Kier alpha value is -3.80. The van der Waals surface area contributed by atoms with Gasteiger partial charge in [-0.3, -0.25) is 14.4 Å². The number of nitrogens with two attached hydrogens (primary N) is 1. The van der Waals surface area contributed by atoms with Gasteiger partial charge in [0.05, 0.1) is 6.10 Å². The summed E-state index contributed by atoms with van der Waals surface area (Å²) in [6, 6.07) is -0.981. The zero-order valence-corrected chi connectivity index (χ0v) is 24.1. The van der Waals surface area contributed by atoms with E-state index in [1.54, 1.807) is 13.8 Å². The van der Waals surface area contributed by atoms with E-state index in [4.69, 9.17) is 24.7 Å². The number of carbonyl (C=O) groups excluding carboxylic acids is 5. The van der Waals surface area contributed by atoms with Gasteiger partial charge < -0.3 is 45.0 Å². The van der Waals surface area contributed by atoms with Crippen LogP contribution in [0.2, 0.25) is 0 Å². The molecule has 16 nitrogen and oxygen atoms in total. The fourth-order valence-electron chi connectivity index (χ4n) is 4.16. The molecule has 3 unspecified atom stereocenters. The summed E-state index contributed by atoms with van der Waals surface area (Å²) in [7, 11) is 0. The first kappa shape index (κ1) is 30.2. The second kappa shape index (κ2) is 12.4. The molecule has 4 atom stereocenters. The van der Waals surface area contributed by atoms with Gasteiger partial charge in [0.25, 0.3) is 5.91 Å². The maximum Gasteiger partial charge on any atom is 0.511 e. The zero-order valence-electron chi connectivity index (χ0n) is 22.4. The largest absolute Gasteiger partial charge is 0.511 e. The number of amides is 3. The van der Waals surface area contributed by atoms with E-state index < -0.39 is 71.6 Å². The highest BCUT2D eigenvalue weighted by Crippen LogP contribution is 2.43. The second-order valence-corrected chi connectivity index (χ2v) is 11.8. The lowest BCUT2D eigenvalue weighted by Crippen LogP contribution is -2.74. The van der Waals surface area contributed by atoms with Crippen molar-refractivity contribution in [1.29, 1.82) is 0 Å². The first-order chi connectivity index (χ1) is 19.4. The normalized spacial score (nSPS) is 24.4. The minimum absolute atomic E-state index is 0.0480. The average Bonchev–Trinajstić information content (AvgIpc) is 3.30. The van der Waals surface area contributed by atoms with E-state index in [0.29, 0.717) is 13.1 Å². The Labute approximate surface area is 242 Å². The van der Waals surface area contributed by atoms with Gasteiger partial charge in [-0.05, 0) is 20.3 Å². The van der Waals surface area contributed by atoms with E-state index in [-0.39, 0.29) is 23.1 Å². The number of oxime groups is 1. The summed E-state index contributed by atoms with van der Waals surface area (Å²) in [6.07, 6.45) is -2.56. The summed E-state index contributed by atoms with van der Waals surface area (Å²) < 4.78 is 20.7. The Kier molecular flexibility index (Phi) is 9.11. The lowest BCUT2D eigenvalue weighted by Gasteiger charge is -2.53. The molecule has 4 heterocycles. The van der Waals surface area contributed by atoms with Crippen molar-refractivity contribution in [3.05, 3.63) is 11.1 Å². The molecule has 3 amide bonds. The molecule has 3 aliphatic heterocycles. The molecule has 3 saturated heterocycles. The van der Waals surface area contributed by atoms with Gasteiger partial charge in [0.2, 0.25) is 12.2 Å². The van der Waals surface area contributed by atoms with Crippen molar-refractivity contribution in [2.45, 2.75) is 51.0 Å². The highest BCUT2D eigenvalue weighted by molar-refractivity contribution is 8.00. The lowest BCUT2D eigenvalue weighted by atomic mass is 9.88. The molecular formula is C23H30N6O10S2. The first-order valence-electron chi connectivity index (χ1n) is 12.6. The lowest BCUT2D eigenvalue weighted by molar-refractivity contribution is -0.185.